The summed E-state index contributed by atoms with van der Waals surface area (Å²) in [7, 11) is 4.29. The van der Waals surface area contributed by atoms with Crippen LogP contribution in [0.25, 0.3) is 0 Å². The minimum atomic E-state index is 0.954. The molecule has 84 valence electrons. The van der Waals surface area contributed by atoms with Gasteiger partial charge in [-0.3, -0.25) is 0 Å². The summed E-state index contributed by atoms with van der Waals surface area (Å²) < 4.78 is 0. The lowest BCUT2D eigenvalue weighted by Gasteiger charge is -2.22. The van der Waals surface area contributed by atoms with E-state index in [1.54, 1.807) is 0 Å². The highest BCUT2D eigenvalue weighted by Gasteiger charge is 2.11. The molecule has 1 aliphatic rings. The minimum Gasteiger partial charge on any atom is -0.316 e. The van der Waals surface area contributed by atoms with Crippen LogP contribution in [0, 0.1) is 5.92 Å². The summed E-state index contributed by atoms with van der Waals surface area (Å²) in [5.41, 5.74) is 0. The molecule has 0 radical (unpaired) electrons. The molecular formula is C11H24N2S. The van der Waals surface area contributed by atoms with Crippen molar-refractivity contribution in [2.24, 2.45) is 5.92 Å². The van der Waals surface area contributed by atoms with Crippen molar-refractivity contribution >= 4 is 11.8 Å². The summed E-state index contributed by atoms with van der Waals surface area (Å²) in [4.78, 5) is 2.26. The summed E-state index contributed by atoms with van der Waals surface area (Å²) in [5.74, 6) is 3.59. The number of nitrogens with one attached hydrogen (secondary N) is 1. The molecular weight excluding hydrogens is 192 g/mol. The Morgan fingerprint density at radius 2 is 2.21 bits per heavy atom. The van der Waals surface area contributed by atoms with Crippen LogP contribution in [0.2, 0.25) is 0 Å². The van der Waals surface area contributed by atoms with Gasteiger partial charge in [0.25, 0.3) is 0 Å². The van der Waals surface area contributed by atoms with Crippen LogP contribution in [0.3, 0.4) is 0 Å². The van der Waals surface area contributed by atoms with Crippen molar-refractivity contribution in [3.8, 4) is 0 Å². The second-order valence-electron chi connectivity index (χ2n) is 4.42. The van der Waals surface area contributed by atoms with Crippen molar-refractivity contribution in [3.63, 3.8) is 0 Å². The van der Waals surface area contributed by atoms with Crippen molar-refractivity contribution in [1.82, 2.24) is 10.2 Å². The molecule has 0 spiro atoms. The summed E-state index contributed by atoms with van der Waals surface area (Å²) in [6.45, 7) is 3.71. The first kappa shape index (κ1) is 12.3. The zero-order valence-electron chi connectivity index (χ0n) is 9.59. The van der Waals surface area contributed by atoms with Crippen LogP contribution in [-0.4, -0.2) is 50.1 Å². The number of hydrogen-bond donors (Lipinski definition) is 1. The summed E-state index contributed by atoms with van der Waals surface area (Å²) in [6.07, 6.45) is 4.24. The van der Waals surface area contributed by atoms with Crippen LogP contribution in [0.15, 0.2) is 0 Å². The van der Waals surface area contributed by atoms with Crippen LogP contribution in [0.4, 0.5) is 0 Å². The molecule has 1 unspecified atom stereocenters. The molecule has 1 N–H and O–H groups in total. The van der Waals surface area contributed by atoms with Gasteiger partial charge < -0.3 is 10.2 Å². The van der Waals surface area contributed by atoms with Crippen molar-refractivity contribution in [2.75, 3.05) is 45.2 Å². The van der Waals surface area contributed by atoms with Gasteiger partial charge in [0.1, 0.15) is 0 Å². The highest BCUT2D eigenvalue weighted by atomic mass is 32.2. The van der Waals surface area contributed by atoms with E-state index in [1.165, 1.54) is 50.4 Å². The fourth-order valence-corrected chi connectivity index (χ4v) is 2.97. The van der Waals surface area contributed by atoms with E-state index in [9.17, 15) is 0 Å². The quantitative estimate of drug-likeness (QED) is 0.680. The van der Waals surface area contributed by atoms with Gasteiger partial charge in [-0.15, -0.1) is 0 Å². The molecule has 1 rings (SSSR count). The lowest BCUT2D eigenvalue weighted by Crippen LogP contribution is -2.30. The van der Waals surface area contributed by atoms with E-state index in [0.29, 0.717) is 0 Å². The van der Waals surface area contributed by atoms with E-state index < -0.39 is 0 Å². The Labute approximate surface area is 92.8 Å². The Morgan fingerprint density at radius 1 is 1.36 bits per heavy atom. The smallest absolute Gasteiger partial charge is 0.00662 e. The summed E-state index contributed by atoms with van der Waals surface area (Å²) in [5, 5.41) is 3.48. The largest absolute Gasteiger partial charge is 0.316 e. The van der Waals surface area contributed by atoms with Gasteiger partial charge in [-0.05, 0) is 58.1 Å². The van der Waals surface area contributed by atoms with Crippen molar-refractivity contribution in [1.29, 1.82) is 0 Å². The van der Waals surface area contributed by atoms with E-state index in [4.69, 9.17) is 0 Å². The molecule has 0 aromatic rings. The van der Waals surface area contributed by atoms with Gasteiger partial charge >= 0.3 is 0 Å². The zero-order valence-corrected chi connectivity index (χ0v) is 10.4. The molecule has 0 amide bonds. The van der Waals surface area contributed by atoms with Crippen LogP contribution in [0.1, 0.15) is 19.3 Å². The van der Waals surface area contributed by atoms with E-state index in [-0.39, 0.29) is 0 Å². The van der Waals surface area contributed by atoms with Gasteiger partial charge in [0.2, 0.25) is 0 Å². The molecule has 1 saturated heterocycles. The molecule has 0 saturated carbocycles. The fraction of sp³-hybridized carbons (Fsp3) is 1.00. The number of piperidine rings is 1. The van der Waals surface area contributed by atoms with Crippen LogP contribution < -0.4 is 5.32 Å². The molecule has 1 atom stereocenters. The maximum atomic E-state index is 3.48. The maximum Gasteiger partial charge on any atom is 0.00662 e. The maximum absolute atomic E-state index is 3.48. The molecule has 0 bridgehead atoms. The molecule has 3 heteroatoms. The zero-order chi connectivity index (χ0) is 10.2. The standard InChI is InChI=1S/C11H24N2S/c1-13(2)7-9-14-8-5-11-4-3-6-12-10-11/h11-12H,3-10H2,1-2H3. The van der Waals surface area contributed by atoms with Gasteiger partial charge in [0.05, 0.1) is 0 Å². The summed E-state index contributed by atoms with van der Waals surface area (Å²) in [6, 6.07) is 0. The second kappa shape index (κ2) is 7.55. The first-order valence-electron chi connectivity index (χ1n) is 5.72. The van der Waals surface area contributed by atoms with Crippen LogP contribution >= 0.6 is 11.8 Å². The van der Waals surface area contributed by atoms with Crippen molar-refractivity contribution in [3.05, 3.63) is 0 Å². The Balaban J connectivity index is 1.87. The van der Waals surface area contributed by atoms with E-state index in [1.807, 2.05) is 0 Å². The number of hydrogen-bond acceptors (Lipinski definition) is 3. The van der Waals surface area contributed by atoms with Crippen LogP contribution in [-0.2, 0) is 0 Å². The first-order chi connectivity index (χ1) is 6.79. The van der Waals surface area contributed by atoms with E-state index >= 15 is 0 Å². The van der Waals surface area contributed by atoms with Crippen molar-refractivity contribution < 1.29 is 0 Å². The third-order valence-corrected chi connectivity index (χ3v) is 3.75. The minimum absolute atomic E-state index is 0.954. The van der Waals surface area contributed by atoms with E-state index in [2.05, 4.69) is 36.1 Å². The monoisotopic (exact) mass is 216 g/mol. The van der Waals surface area contributed by atoms with Crippen LogP contribution in [0.5, 0.6) is 0 Å². The average molecular weight is 216 g/mol. The first-order valence-corrected chi connectivity index (χ1v) is 6.87. The second-order valence-corrected chi connectivity index (χ2v) is 5.64. The van der Waals surface area contributed by atoms with Gasteiger partial charge in [-0.1, -0.05) is 0 Å². The fourth-order valence-electron chi connectivity index (χ4n) is 1.77. The highest BCUT2D eigenvalue weighted by Crippen LogP contribution is 2.16. The van der Waals surface area contributed by atoms with E-state index in [0.717, 1.165) is 5.92 Å². The summed E-state index contributed by atoms with van der Waals surface area (Å²) >= 11 is 2.11. The third kappa shape index (κ3) is 5.89. The SMILES string of the molecule is CN(C)CCSCCC1CCCNC1. The Kier molecular flexibility index (Phi) is 6.65. The topological polar surface area (TPSA) is 15.3 Å². The molecule has 0 aliphatic carbocycles. The lowest BCUT2D eigenvalue weighted by atomic mass is 9.97. The average Bonchev–Trinajstić information content (AvgIpc) is 2.18. The third-order valence-electron chi connectivity index (χ3n) is 2.75. The molecule has 1 fully saturated rings. The normalized spacial score (nSPS) is 22.9. The Morgan fingerprint density at radius 3 is 2.86 bits per heavy atom. The Hall–Kier alpha value is 0.270. The predicted molar refractivity (Wildman–Crippen MR) is 66.1 cm³/mol. The van der Waals surface area contributed by atoms with Gasteiger partial charge in [0.15, 0.2) is 0 Å². The van der Waals surface area contributed by atoms with Crippen molar-refractivity contribution in [2.45, 2.75) is 19.3 Å². The van der Waals surface area contributed by atoms with Gasteiger partial charge in [-0.25, -0.2) is 0 Å². The molecule has 0 aromatic heterocycles. The van der Waals surface area contributed by atoms with Gasteiger partial charge in [-0.2, -0.15) is 11.8 Å². The Bertz CT molecular complexity index is 133. The highest BCUT2D eigenvalue weighted by molar-refractivity contribution is 7.99. The molecule has 1 aliphatic heterocycles. The number of thioether (sulfide) groups is 1. The molecule has 2 nitrogen and oxygen atoms in total. The number of rotatable bonds is 6. The van der Waals surface area contributed by atoms with Gasteiger partial charge in [0, 0.05) is 12.3 Å². The molecule has 0 aromatic carbocycles. The number of nitrogens with zero attached hydrogens (tertiary/aromatic N) is 1. The lowest BCUT2D eigenvalue weighted by molar-refractivity contribution is 0.371. The molecule has 1 heterocycles. The predicted octanol–water partition coefficient (Wildman–Crippen LogP) is 1.67. The molecule has 14 heavy (non-hydrogen) atoms.